The Kier molecular flexibility index (Phi) is 5.33. The van der Waals surface area contributed by atoms with Crippen LogP contribution in [0.5, 0.6) is 0 Å². The van der Waals surface area contributed by atoms with E-state index in [1.165, 1.54) is 47.9 Å². The third-order valence-electron chi connectivity index (χ3n) is 6.71. The minimum Gasteiger partial charge on any atom is -0.349 e. The Labute approximate surface area is 163 Å². The van der Waals surface area contributed by atoms with Crippen LogP contribution in [0.1, 0.15) is 80.2 Å². The van der Waals surface area contributed by atoms with Crippen LogP contribution in [0.4, 0.5) is 0 Å². The van der Waals surface area contributed by atoms with Crippen LogP contribution in [0.15, 0.2) is 48.5 Å². The molecule has 2 nitrogen and oxygen atoms in total. The molecule has 2 heteroatoms. The summed E-state index contributed by atoms with van der Waals surface area (Å²) in [6.45, 7) is 2.17. The summed E-state index contributed by atoms with van der Waals surface area (Å²) in [6, 6.07) is 17.4. The van der Waals surface area contributed by atoms with Gasteiger partial charge >= 0.3 is 0 Å². The van der Waals surface area contributed by atoms with Crippen molar-refractivity contribution < 1.29 is 4.79 Å². The first-order valence-electron chi connectivity index (χ1n) is 10.7. The highest BCUT2D eigenvalue weighted by molar-refractivity contribution is 5.89. The van der Waals surface area contributed by atoms with Crippen molar-refractivity contribution in [1.29, 1.82) is 0 Å². The molecular formula is C25H31NO. The maximum absolute atomic E-state index is 13.5. The summed E-state index contributed by atoms with van der Waals surface area (Å²) in [5.74, 6) is 0.218. The molecule has 2 aromatic carbocycles. The van der Waals surface area contributed by atoms with E-state index in [1.54, 1.807) is 0 Å². The predicted molar refractivity (Wildman–Crippen MR) is 111 cm³/mol. The van der Waals surface area contributed by atoms with Gasteiger partial charge in [0.2, 0.25) is 5.91 Å². The van der Waals surface area contributed by atoms with E-state index >= 15 is 0 Å². The van der Waals surface area contributed by atoms with Gasteiger partial charge in [-0.05, 0) is 67.2 Å². The van der Waals surface area contributed by atoms with E-state index in [9.17, 15) is 4.79 Å². The van der Waals surface area contributed by atoms with Gasteiger partial charge in [0, 0.05) is 0 Å². The average Bonchev–Trinajstić information content (AvgIpc) is 3.23. The minimum atomic E-state index is -0.344. The van der Waals surface area contributed by atoms with Crippen molar-refractivity contribution in [3.63, 3.8) is 0 Å². The van der Waals surface area contributed by atoms with Gasteiger partial charge in [-0.2, -0.15) is 0 Å². The molecule has 0 unspecified atom stereocenters. The van der Waals surface area contributed by atoms with Crippen LogP contribution < -0.4 is 5.32 Å². The van der Waals surface area contributed by atoms with Crippen LogP contribution in [0.3, 0.4) is 0 Å². The highest BCUT2D eigenvalue weighted by atomic mass is 16.2. The number of rotatable bonds is 5. The van der Waals surface area contributed by atoms with E-state index in [1.807, 2.05) is 6.07 Å². The lowest BCUT2D eigenvalue weighted by Crippen LogP contribution is -2.44. The molecule has 1 saturated carbocycles. The van der Waals surface area contributed by atoms with E-state index < -0.39 is 0 Å². The number of carbonyl (C=O) groups is 1. The molecule has 4 rings (SSSR count). The summed E-state index contributed by atoms with van der Waals surface area (Å²) in [7, 11) is 0. The molecule has 2 aliphatic rings. The minimum absolute atomic E-state index is 0.103. The summed E-state index contributed by atoms with van der Waals surface area (Å²) >= 11 is 0. The second-order valence-corrected chi connectivity index (χ2v) is 8.32. The Bertz CT molecular complexity index is 789. The summed E-state index contributed by atoms with van der Waals surface area (Å²) in [4.78, 5) is 13.5. The van der Waals surface area contributed by atoms with Crippen molar-refractivity contribution in [3.8, 4) is 0 Å². The van der Waals surface area contributed by atoms with Crippen molar-refractivity contribution in [2.24, 2.45) is 0 Å². The number of fused-ring (bicyclic) bond motifs is 1. The Balaban J connectivity index is 1.58. The van der Waals surface area contributed by atoms with Crippen molar-refractivity contribution in [1.82, 2.24) is 5.32 Å². The molecule has 1 atom stereocenters. The zero-order valence-corrected chi connectivity index (χ0v) is 16.5. The summed E-state index contributed by atoms with van der Waals surface area (Å²) in [5.41, 5.74) is 5.10. The normalized spacial score (nSPS) is 19.3. The number of hydrogen-bond donors (Lipinski definition) is 1. The van der Waals surface area contributed by atoms with Crippen LogP contribution >= 0.6 is 0 Å². The quantitative estimate of drug-likeness (QED) is 0.733. The van der Waals surface area contributed by atoms with Crippen molar-refractivity contribution in [2.45, 2.75) is 76.2 Å². The maximum atomic E-state index is 13.5. The van der Waals surface area contributed by atoms with Gasteiger partial charge in [-0.3, -0.25) is 4.79 Å². The monoisotopic (exact) mass is 361 g/mol. The number of carbonyl (C=O) groups excluding carboxylic acids is 1. The molecule has 0 radical (unpaired) electrons. The lowest BCUT2D eigenvalue weighted by Gasteiger charge is -2.31. The molecule has 1 fully saturated rings. The molecule has 1 amide bonds. The van der Waals surface area contributed by atoms with Gasteiger partial charge in [0.1, 0.15) is 0 Å². The molecule has 0 saturated heterocycles. The van der Waals surface area contributed by atoms with Crippen LogP contribution in [-0.4, -0.2) is 5.91 Å². The van der Waals surface area contributed by atoms with E-state index in [-0.39, 0.29) is 17.4 Å². The number of hydrogen-bond acceptors (Lipinski definition) is 1. The first-order chi connectivity index (χ1) is 13.2. The first-order valence-corrected chi connectivity index (χ1v) is 10.7. The fourth-order valence-electron chi connectivity index (χ4n) is 5.07. The molecule has 2 aromatic rings. The third-order valence-corrected chi connectivity index (χ3v) is 6.71. The van der Waals surface area contributed by atoms with Gasteiger partial charge < -0.3 is 5.32 Å². The zero-order valence-electron chi connectivity index (χ0n) is 16.5. The van der Waals surface area contributed by atoms with Gasteiger partial charge in [-0.15, -0.1) is 0 Å². The number of nitrogens with one attached hydrogen (secondary N) is 1. The molecule has 0 spiro atoms. The second kappa shape index (κ2) is 7.88. The molecule has 2 aliphatic carbocycles. The Morgan fingerprint density at radius 1 is 0.963 bits per heavy atom. The van der Waals surface area contributed by atoms with Gasteiger partial charge in [-0.25, -0.2) is 0 Å². The lowest BCUT2D eigenvalue weighted by molar-refractivity contribution is -0.127. The summed E-state index contributed by atoms with van der Waals surface area (Å²) < 4.78 is 0. The zero-order chi connectivity index (χ0) is 18.7. The average molecular weight is 362 g/mol. The topological polar surface area (TPSA) is 29.1 Å². The van der Waals surface area contributed by atoms with Crippen molar-refractivity contribution in [3.05, 3.63) is 70.8 Å². The molecule has 0 heterocycles. The van der Waals surface area contributed by atoms with E-state index in [2.05, 4.69) is 54.7 Å². The molecule has 142 valence electrons. The molecule has 1 N–H and O–H groups in total. The highest BCUT2D eigenvalue weighted by Gasteiger charge is 2.43. The fraction of sp³-hybridized carbons (Fsp3) is 0.480. The highest BCUT2D eigenvalue weighted by Crippen LogP contribution is 2.42. The Hall–Kier alpha value is -2.09. The van der Waals surface area contributed by atoms with Crippen LogP contribution in [-0.2, 0) is 23.1 Å². The molecule has 27 heavy (non-hydrogen) atoms. The van der Waals surface area contributed by atoms with Crippen LogP contribution in [0.2, 0.25) is 0 Å². The van der Waals surface area contributed by atoms with Gasteiger partial charge in [0.05, 0.1) is 11.5 Å². The molecule has 0 aliphatic heterocycles. The molecule has 0 bridgehead atoms. The van der Waals surface area contributed by atoms with E-state index in [4.69, 9.17) is 0 Å². The second-order valence-electron chi connectivity index (χ2n) is 8.32. The first kappa shape index (κ1) is 18.3. The number of aryl methyl sites for hydroxylation is 2. The van der Waals surface area contributed by atoms with Crippen molar-refractivity contribution >= 4 is 5.91 Å². The van der Waals surface area contributed by atoms with E-state index in [0.717, 1.165) is 32.1 Å². The SMILES string of the molecule is CC[C@H](NC(=O)C1(c2ccccc2)CCCC1)c1ccc2c(c1)CCCC2. The van der Waals surface area contributed by atoms with E-state index in [0.29, 0.717) is 0 Å². The lowest BCUT2D eigenvalue weighted by atomic mass is 9.77. The van der Waals surface area contributed by atoms with Crippen LogP contribution in [0.25, 0.3) is 0 Å². The molecular weight excluding hydrogens is 330 g/mol. The Morgan fingerprint density at radius 3 is 2.37 bits per heavy atom. The number of amides is 1. The van der Waals surface area contributed by atoms with Crippen molar-refractivity contribution in [2.75, 3.05) is 0 Å². The summed E-state index contributed by atoms with van der Waals surface area (Å²) in [5, 5.41) is 3.43. The van der Waals surface area contributed by atoms with Crippen LogP contribution in [0, 0.1) is 0 Å². The van der Waals surface area contributed by atoms with Gasteiger partial charge in [0.15, 0.2) is 0 Å². The van der Waals surface area contributed by atoms with Gasteiger partial charge in [0.25, 0.3) is 0 Å². The molecule has 0 aromatic heterocycles. The summed E-state index contributed by atoms with van der Waals surface area (Å²) in [6.07, 6.45) is 10.1. The Morgan fingerprint density at radius 2 is 1.67 bits per heavy atom. The third kappa shape index (κ3) is 3.54. The fourth-order valence-corrected chi connectivity index (χ4v) is 5.07. The largest absolute Gasteiger partial charge is 0.349 e. The maximum Gasteiger partial charge on any atom is 0.231 e. The predicted octanol–water partition coefficient (Wildman–Crippen LogP) is 5.64. The standard InChI is InChI=1S/C25H31NO/c1-2-23(21-15-14-19-10-6-7-11-20(19)18-21)26-24(27)25(16-8-9-17-25)22-12-4-3-5-13-22/h3-5,12-15,18,23H,2,6-11,16-17H2,1H3,(H,26,27)/t23-/m0/s1. The smallest absolute Gasteiger partial charge is 0.231 e. The number of benzene rings is 2. The van der Waals surface area contributed by atoms with Gasteiger partial charge in [-0.1, -0.05) is 68.3 Å².